The molecule has 0 aliphatic carbocycles. The predicted molar refractivity (Wildman–Crippen MR) is 93.3 cm³/mol. The summed E-state index contributed by atoms with van der Waals surface area (Å²) in [7, 11) is 3.14. The molecule has 0 N–H and O–H groups in total. The fraction of sp³-hybridized carbons (Fsp3) is 0.368. The van der Waals surface area contributed by atoms with Crippen molar-refractivity contribution in [3.05, 3.63) is 48.2 Å². The zero-order chi connectivity index (χ0) is 17.6. The second-order valence-corrected chi connectivity index (χ2v) is 5.85. The molecule has 1 fully saturated rings. The van der Waals surface area contributed by atoms with Gasteiger partial charge in [0.2, 0.25) is 5.88 Å². The normalized spacial score (nSPS) is 14.9. The molecule has 132 valence electrons. The van der Waals surface area contributed by atoms with Gasteiger partial charge in [-0.1, -0.05) is 6.07 Å². The molecule has 6 nitrogen and oxygen atoms in total. The van der Waals surface area contributed by atoms with E-state index in [-0.39, 0.29) is 12.0 Å². The number of carbonyl (C=O) groups is 1. The summed E-state index contributed by atoms with van der Waals surface area (Å²) in [6.07, 6.45) is 3.38. The summed E-state index contributed by atoms with van der Waals surface area (Å²) in [5, 5.41) is 0. The highest BCUT2D eigenvalue weighted by atomic mass is 16.5. The van der Waals surface area contributed by atoms with Gasteiger partial charge >= 0.3 is 0 Å². The minimum Gasteiger partial charge on any atom is -0.493 e. The molecule has 0 spiro atoms. The quantitative estimate of drug-likeness (QED) is 0.836. The van der Waals surface area contributed by atoms with Gasteiger partial charge in [-0.25, -0.2) is 4.98 Å². The highest BCUT2D eigenvalue weighted by molar-refractivity contribution is 5.95. The smallest absolute Gasteiger partial charge is 0.253 e. The van der Waals surface area contributed by atoms with E-state index in [1.165, 1.54) is 0 Å². The van der Waals surface area contributed by atoms with E-state index in [9.17, 15) is 4.79 Å². The number of methoxy groups -OCH3 is 2. The number of rotatable bonds is 5. The molecule has 3 rings (SSSR count). The van der Waals surface area contributed by atoms with Crippen LogP contribution in [0.25, 0.3) is 0 Å². The van der Waals surface area contributed by atoms with Gasteiger partial charge < -0.3 is 19.1 Å². The molecule has 6 heteroatoms. The number of pyridine rings is 1. The van der Waals surface area contributed by atoms with Crippen LogP contribution in [0.5, 0.6) is 17.4 Å². The van der Waals surface area contributed by atoms with Crippen LogP contribution in [0.4, 0.5) is 0 Å². The van der Waals surface area contributed by atoms with Gasteiger partial charge in [0.25, 0.3) is 5.91 Å². The zero-order valence-electron chi connectivity index (χ0n) is 14.5. The van der Waals surface area contributed by atoms with Crippen molar-refractivity contribution in [2.45, 2.75) is 18.9 Å². The number of piperidine rings is 1. The van der Waals surface area contributed by atoms with Crippen LogP contribution in [-0.4, -0.2) is 49.2 Å². The van der Waals surface area contributed by atoms with Crippen LogP contribution in [0.3, 0.4) is 0 Å². The van der Waals surface area contributed by atoms with Crippen molar-refractivity contribution in [1.29, 1.82) is 0 Å². The van der Waals surface area contributed by atoms with Gasteiger partial charge in [-0.15, -0.1) is 0 Å². The molecule has 1 aromatic heterocycles. The fourth-order valence-corrected chi connectivity index (χ4v) is 2.92. The molecule has 2 aromatic rings. The Morgan fingerprint density at radius 1 is 1.08 bits per heavy atom. The van der Waals surface area contributed by atoms with Gasteiger partial charge in [0.05, 0.1) is 14.2 Å². The molecule has 25 heavy (non-hydrogen) atoms. The summed E-state index contributed by atoms with van der Waals surface area (Å²) >= 11 is 0. The first-order valence-electron chi connectivity index (χ1n) is 8.30. The monoisotopic (exact) mass is 342 g/mol. The highest BCUT2D eigenvalue weighted by Crippen LogP contribution is 2.28. The lowest BCUT2D eigenvalue weighted by Gasteiger charge is -2.32. The van der Waals surface area contributed by atoms with Crippen molar-refractivity contribution >= 4 is 5.91 Å². The minimum atomic E-state index is -0.00256. The fourth-order valence-electron chi connectivity index (χ4n) is 2.92. The summed E-state index contributed by atoms with van der Waals surface area (Å²) in [6.45, 7) is 1.31. The number of nitrogens with zero attached hydrogens (tertiary/aromatic N) is 2. The molecule has 1 saturated heterocycles. The van der Waals surface area contributed by atoms with E-state index >= 15 is 0 Å². The average Bonchev–Trinajstić information content (AvgIpc) is 2.68. The Kier molecular flexibility index (Phi) is 5.38. The van der Waals surface area contributed by atoms with Crippen LogP contribution in [0.2, 0.25) is 0 Å². The zero-order valence-corrected chi connectivity index (χ0v) is 14.5. The van der Waals surface area contributed by atoms with Gasteiger partial charge in [0.15, 0.2) is 11.5 Å². The maximum atomic E-state index is 12.7. The third kappa shape index (κ3) is 4.02. The number of benzene rings is 1. The van der Waals surface area contributed by atoms with Gasteiger partial charge in [0.1, 0.15) is 6.10 Å². The van der Waals surface area contributed by atoms with Crippen LogP contribution < -0.4 is 14.2 Å². The summed E-state index contributed by atoms with van der Waals surface area (Å²) in [5.74, 6) is 1.80. The van der Waals surface area contributed by atoms with Gasteiger partial charge in [-0.3, -0.25) is 4.79 Å². The van der Waals surface area contributed by atoms with Gasteiger partial charge in [0, 0.05) is 43.8 Å². The molecule has 1 aliphatic heterocycles. The Hall–Kier alpha value is -2.76. The van der Waals surface area contributed by atoms with Crippen LogP contribution in [0.1, 0.15) is 23.2 Å². The largest absolute Gasteiger partial charge is 0.493 e. The molecule has 0 atom stereocenters. The number of ether oxygens (including phenoxy) is 3. The SMILES string of the molecule is COc1ccc(C(=O)N2CCC(Oc3ccccn3)CC2)cc1OC. The van der Waals surface area contributed by atoms with Crippen molar-refractivity contribution in [3.63, 3.8) is 0 Å². The Morgan fingerprint density at radius 3 is 2.48 bits per heavy atom. The van der Waals surface area contributed by atoms with Crippen LogP contribution in [-0.2, 0) is 0 Å². The van der Waals surface area contributed by atoms with E-state index in [4.69, 9.17) is 14.2 Å². The minimum absolute atomic E-state index is 0.00256. The second kappa shape index (κ2) is 7.88. The Bertz CT molecular complexity index is 713. The molecule has 1 aromatic carbocycles. The van der Waals surface area contributed by atoms with Gasteiger partial charge in [-0.05, 0) is 24.3 Å². The van der Waals surface area contributed by atoms with Crippen molar-refractivity contribution < 1.29 is 19.0 Å². The number of likely N-dealkylation sites (tertiary alicyclic amines) is 1. The van der Waals surface area contributed by atoms with Crippen molar-refractivity contribution in [2.24, 2.45) is 0 Å². The van der Waals surface area contributed by atoms with E-state index in [0.717, 1.165) is 12.8 Å². The third-order valence-corrected chi connectivity index (χ3v) is 4.28. The van der Waals surface area contributed by atoms with E-state index in [1.807, 2.05) is 23.1 Å². The number of carbonyl (C=O) groups excluding carboxylic acids is 1. The molecule has 0 saturated carbocycles. The lowest BCUT2D eigenvalue weighted by molar-refractivity contribution is 0.0587. The number of aromatic nitrogens is 1. The number of hydrogen-bond donors (Lipinski definition) is 0. The van der Waals surface area contributed by atoms with Crippen LogP contribution >= 0.6 is 0 Å². The lowest BCUT2D eigenvalue weighted by atomic mass is 10.1. The van der Waals surface area contributed by atoms with Crippen LogP contribution in [0.15, 0.2) is 42.6 Å². The number of hydrogen-bond acceptors (Lipinski definition) is 5. The van der Waals surface area contributed by atoms with Gasteiger partial charge in [-0.2, -0.15) is 0 Å². The topological polar surface area (TPSA) is 60.9 Å². The predicted octanol–water partition coefficient (Wildman–Crippen LogP) is 2.78. The first kappa shape index (κ1) is 17.1. The van der Waals surface area contributed by atoms with E-state index in [1.54, 1.807) is 38.6 Å². The van der Waals surface area contributed by atoms with Crippen LogP contribution in [0, 0.1) is 0 Å². The van der Waals surface area contributed by atoms with Crippen molar-refractivity contribution in [2.75, 3.05) is 27.3 Å². The standard InChI is InChI=1S/C19H22N2O4/c1-23-16-7-6-14(13-17(16)24-2)19(22)21-11-8-15(9-12-21)25-18-5-3-4-10-20-18/h3-7,10,13,15H,8-9,11-12H2,1-2H3. The maximum Gasteiger partial charge on any atom is 0.253 e. The molecule has 0 radical (unpaired) electrons. The lowest BCUT2D eigenvalue weighted by Crippen LogP contribution is -2.41. The first-order valence-corrected chi connectivity index (χ1v) is 8.30. The average molecular weight is 342 g/mol. The van der Waals surface area contributed by atoms with E-state index in [2.05, 4.69) is 4.98 Å². The molecule has 1 aliphatic rings. The van der Waals surface area contributed by atoms with Crippen molar-refractivity contribution in [1.82, 2.24) is 9.88 Å². The molecular formula is C19H22N2O4. The number of amides is 1. The third-order valence-electron chi connectivity index (χ3n) is 4.28. The first-order chi connectivity index (χ1) is 12.2. The Morgan fingerprint density at radius 2 is 1.84 bits per heavy atom. The van der Waals surface area contributed by atoms with E-state index in [0.29, 0.717) is 36.0 Å². The Labute approximate surface area is 147 Å². The summed E-state index contributed by atoms with van der Waals surface area (Å²) in [6, 6.07) is 10.8. The molecular weight excluding hydrogens is 320 g/mol. The van der Waals surface area contributed by atoms with E-state index < -0.39 is 0 Å². The summed E-state index contributed by atoms with van der Waals surface area (Å²) in [5.41, 5.74) is 0.599. The van der Waals surface area contributed by atoms with Crippen molar-refractivity contribution in [3.8, 4) is 17.4 Å². The molecule has 2 heterocycles. The summed E-state index contributed by atoms with van der Waals surface area (Å²) < 4.78 is 16.4. The molecule has 0 bridgehead atoms. The Balaban J connectivity index is 1.60. The molecule has 1 amide bonds. The molecule has 0 unspecified atom stereocenters. The highest BCUT2D eigenvalue weighted by Gasteiger charge is 2.25. The summed E-state index contributed by atoms with van der Waals surface area (Å²) in [4.78, 5) is 18.7. The second-order valence-electron chi connectivity index (χ2n) is 5.85. The maximum absolute atomic E-state index is 12.7.